The van der Waals surface area contributed by atoms with E-state index >= 15 is 0 Å². The Balaban J connectivity index is 1.40. The van der Waals surface area contributed by atoms with Crippen molar-refractivity contribution in [3.05, 3.63) is 36.0 Å². The standard InChI is InChI=1S/C20H29N3O/c1-15-10-16(2)14-23(13-15)9-5-8-21-20(24)11-17-12-22-19-7-4-3-6-18(17)19/h3-4,6-7,12,15-16,22H,5,8-11,13-14H2,1-2H3,(H,21,24)/t15-,16-/m0/s1. The van der Waals surface area contributed by atoms with E-state index in [0.717, 1.165) is 47.8 Å². The zero-order chi connectivity index (χ0) is 16.9. The van der Waals surface area contributed by atoms with Crippen molar-refractivity contribution in [3.8, 4) is 0 Å². The number of carbonyl (C=O) groups excluding carboxylic acids is 1. The number of piperidine rings is 1. The van der Waals surface area contributed by atoms with E-state index in [4.69, 9.17) is 0 Å². The lowest BCUT2D eigenvalue weighted by Crippen LogP contribution is -2.40. The molecule has 1 amide bonds. The summed E-state index contributed by atoms with van der Waals surface area (Å²) in [7, 11) is 0. The third-order valence-electron chi connectivity index (χ3n) is 4.94. The highest BCUT2D eigenvalue weighted by atomic mass is 16.1. The van der Waals surface area contributed by atoms with Gasteiger partial charge >= 0.3 is 0 Å². The van der Waals surface area contributed by atoms with E-state index < -0.39 is 0 Å². The Morgan fingerprint density at radius 2 is 2.00 bits per heavy atom. The van der Waals surface area contributed by atoms with Crippen molar-refractivity contribution in [2.75, 3.05) is 26.2 Å². The summed E-state index contributed by atoms with van der Waals surface area (Å²) in [6.07, 6.45) is 4.76. The summed E-state index contributed by atoms with van der Waals surface area (Å²) in [4.78, 5) is 17.9. The molecule has 3 rings (SSSR count). The number of para-hydroxylation sites is 1. The van der Waals surface area contributed by atoms with Gasteiger partial charge in [0.15, 0.2) is 0 Å². The van der Waals surface area contributed by atoms with Gasteiger partial charge in [0, 0.05) is 36.7 Å². The minimum Gasteiger partial charge on any atom is -0.361 e. The summed E-state index contributed by atoms with van der Waals surface area (Å²) < 4.78 is 0. The van der Waals surface area contributed by atoms with Crippen LogP contribution in [0.1, 0.15) is 32.3 Å². The Labute approximate surface area is 144 Å². The minimum atomic E-state index is 0.111. The maximum Gasteiger partial charge on any atom is 0.224 e. The first-order chi connectivity index (χ1) is 11.6. The zero-order valence-corrected chi connectivity index (χ0v) is 14.8. The molecular weight excluding hydrogens is 298 g/mol. The Kier molecular flexibility index (Phi) is 5.56. The molecule has 1 saturated heterocycles. The number of likely N-dealkylation sites (tertiary alicyclic amines) is 1. The average Bonchev–Trinajstić information content (AvgIpc) is 2.94. The van der Waals surface area contributed by atoms with Gasteiger partial charge in [0.25, 0.3) is 0 Å². The molecule has 1 fully saturated rings. The first-order valence-corrected chi connectivity index (χ1v) is 9.16. The fourth-order valence-electron chi connectivity index (χ4n) is 4.02. The molecule has 4 heteroatoms. The van der Waals surface area contributed by atoms with Crippen molar-refractivity contribution in [3.63, 3.8) is 0 Å². The smallest absolute Gasteiger partial charge is 0.224 e. The Morgan fingerprint density at radius 1 is 1.25 bits per heavy atom. The van der Waals surface area contributed by atoms with Gasteiger partial charge in [-0.3, -0.25) is 4.79 Å². The normalized spacial score (nSPS) is 21.9. The number of amides is 1. The van der Waals surface area contributed by atoms with E-state index in [1.807, 2.05) is 24.4 Å². The molecule has 0 aliphatic carbocycles. The lowest BCUT2D eigenvalue weighted by molar-refractivity contribution is -0.120. The molecule has 24 heavy (non-hydrogen) atoms. The predicted octanol–water partition coefficient (Wildman–Crippen LogP) is 3.19. The number of hydrogen-bond acceptors (Lipinski definition) is 2. The molecule has 2 heterocycles. The van der Waals surface area contributed by atoms with Crippen LogP contribution in [0.2, 0.25) is 0 Å². The van der Waals surface area contributed by atoms with Gasteiger partial charge < -0.3 is 15.2 Å². The number of nitrogens with zero attached hydrogens (tertiary/aromatic N) is 1. The second kappa shape index (κ2) is 7.84. The van der Waals surface area contributed by atoms with Crippen molar-refractivity contribution in [2.45, 2.75) is 33.1 Å². The number of aromatic amines is 1. The molecule has 0 bridgehead atoms. The first kappa shape index (κ1) is 17.0. The Bertz CT molecular complexity index is 668. The van der Waals surface area contributed by atoms with Gasteiger partial charge in [0.1, 0.15) is 0 Å². The van der Waals surface area contributed by atoms with Crippen LogP contribution < -0.4 is 5.32 Å². The summed E-state index contributed by atoms with van der Waals surface area (Å²) in [5.41, 5.74) is 2.16. The Morgan fingerprint density at radius 3 is 2.79 bits per heavy atom. The maximum absolute atomic E-state index is 12.2. The SMILES string of the molecule is C[C@H]1C[C@H](C)CN(CCCNC(=O)Cc2c[nH]c3ccccc23)C1. The number of H-pyrrole nitrogens is 1. The zero-order valence-electron chi connectivity index (χ0n) is 14.8. The minimum absolute atomic E-state index is 0.111. The van der Waals surface area contributed by atoms with Gasteiger partial charge in [-0.25, -0.2) is 0 Å². The quantitative estimate of drug-likeness (QED) is 0.801. The summed E-state index contributed by atoms with van der Waals surface area (Å²) in [5.74, 6) is 1.70. The van der Waals surface area contributed by atoms with Crippen LogP contribution >= 0.6 is 0 Å². The third-order valence-corrected chi connectivity index (χ3v) is 4.94. The number of nitrogens with one attached hydrogen (secondary N) is 2. The van der Waals surface area contributed by atoms with Crippen LogP contribution in [0, 0.1) is 11.8 Å². The molecule has 1 aliphatic rings. The molecule has 1 aromatic carbocycles. The monoisotopic (exact) mass is 327 g/mol. The summed E-state index contributed by atoms with van der Waals surface area (Å²) >= 11 is 0. The number of benzene rings is 1. The number of aromatic nitrogens is 1. The average molecular weight is 327 g/mol. The molecule has 1 aromatic heterocycles. The molecule has 0 spiro atoms. The van der Waals surface area contributed by atoms with Crippen LogP contribution in [0.3, 0.4) is 0 Å². The van der Waals surface area contributed by atoms with Crippen molar-refractivity contribution >= 4 is 16.8 Å². The molecule has 130 valence electrons. The second-order valence-electron chi connectivity index (χ2n) is 7.45. The summed E-state index contributed by atoms with van der Waals surface area (Å²) in [6, 6.07) is 8.12. The number of fused-ring (bicyclic) bond motifs is 1. The fourth-order valence-corrected chi connectivity index (χ4v) is 4.02. The van der Waals surface area contributed by atoms with E-state index in [-0.39, 0.29) is 5.91 Å². The lowest BCUT2D eigenvalue weighted by Gasteiger charge is -2.34. The fraction of sp³-hybridized carbons (Fsp3) is 0.550. The highest BCUT2D eigenvalue weighted by Crippen LogP contribution is 2.21. The van der Waals surface area contributed by atoms with E-state index in [1.54, 1.807) is 0 Å². The number of rotatable bonds is 6. The van der Waals surface area contributed by atoms with Gasteiger partial charge in [0.05, 0.1) is 6.42 Å². The van der Waals surface area contributed by atoms with Crippen LogP contribution in [0.5, 0.6) is 0 Å². The molecule has 1 aliphatic heterocycles. The van der Waals surface area contributed by atoms with Gasteiger partial charge in [-0.2, -0.15) is 0 Å². The number of carbonyl (C=O) groups is 1. The summed E-state index contributed by atoms with van der Waals surface area (Å²) in [5, 5.41) is 4.21. The van der Waals surface area contributed by atoms with Crippen LogP contribution in [0.25, 0.3) is 10.9 Å². The third kappa shape index (κ3) is 4.38. The predicted molar refractivity (Wildman–Crippen MR) is 99.0 cm³/mol. The van der Waals surface area contributed by atoms with Gasteiger partial charge in [0.2, 0.25) is 5.91 Å². The van der Waals surface area contributed by atoms with Crippen LogP contribution in [0.15, 0.2) is 30.5 Å². The molecule has 0 unspecified atom stereocenters. The van der Waals surface area contributed by atoms with E-state index in [1.165, 1.54) is 19.5 Å². The first-order valence-electron chi connectivity index (χ1n) is 9.16. The van der Waals surface area contributed by atoms with E-state index in [9.17, 15) is 4.79 Å². The van der Waals surface area contributed by atoms with Gasteiger partial charge in [-0.1, -0.05) is 32.0 Å². The van der Waals surface area contributed by atoms with Crippen LogP contribution in [-0.2, 0) is 11.2 Å². The maximum atomic E-state index is 12.2. The molecule has 2 N–H and O–H groups in total. The molecule has 0 saturated carbocycles. The van der Waals surface area contributed by atoms with E-state index in [0.29, 0.717) is 6.42 Å². The molecule has 4 nitrogen and oxygen atoms in total. The highest BCUT2D eigenvalue weighted by Gasteiger charge is 2.21. The second-order valence-corrected chi connectivity index (χ2v) is 7.45. The summed E-state index contributed by atoms with van der Waals surface area (Å²) in [6.45, 7) is 8.93. The van der Waals surface area contributed by atoms with Crippen molar-refractivity contribution in [1.29, 1.82) is 0 Å². The Hall–Kier alpha value is -1.81. The van der Waals surface area contributed by atoms with Crippen molar-refractivity contribution < 1.29 is 4.79 Å². The molecular formula is C20H29N3O. The van der Waals surface area contributed by atoms with Crippen molar-refractivity contribution in [1.82, 2.24) is 15.2 Å². The molecule has 2 aromatic rings. The molecule has 2 atom stereocenters. The lowest BCUT2D eigenvalue weighted by atomic mass is 9.92. The van der Waals surface area contributed by atoms with Crippen LogP contribution in [-0.4, -0.2) is 42.0 Å². The largest absolute Gasteiger partial charge is 0.361 e. The van der Waals surface area contributed by atoms with Crippen molar-refractivity contribution in [2.24, 2.45) is 11.8 Å². The number of hydrogen-bond donors (Lipinski definition) is 2. The highest BCUT2D eigenvalue weighted by molar-refractivity contribution is 5.88. The van der Waals surface area contributed by atoms with Gasteiger partial charge in [-0.05, 0) is 42.9 Å². The topological polar surface area (TPSA) is 48.1 Å². The van der Waals surface area contributed by atoms with Crippen LogP contribution in [0.4, 0.5) is 0 Å². The molecule has 0 radical (unpaired) electrons. The van der Waals surface area contributed by atoms with Gasteiger partial charge in [-0.15, -0.1) is 0 Å². The van der Waals surface area contributed by atoms with E-state index in [2.05, 4.69) is 35.1 Å².